The fourth-order valence-electron chi connectivity index (χ4n) is 4.41. The van der Waals surface area contributed by atoms with Crippen LogP contribution in [0.1, 0.15) is 65.2 Å². The molecule has 60 heavy (non-hydrogen) atoms. The molecule has 0 saturated carbocycles. The Hall–Kier alpha value is -7.05. The minimum atomic E-state index is -5.08. The number of carbonyl (C=O) groups excluding carboxylic acids is 4. The van der Waals surface area contributed by atoms with Crippen molar-refractivity contribution >= 4 is 48.1 Å². The van der Waals surface area contributed by atoms with Gasteiger partial charge in [0.1, 0.15) is 25.8 Å². The van der Waals surface area contributed by atoms with E-state index in [1.165, 1.54) is 16.8 Å². The SMILES string of the molecule is C=O.CC.CC(C)Nc1ncc(-c2ccc(OC(=O)C(C)(C)C)c(N)c2)n(CC(=O)NCc2ccc(/C(N)=N/C(=O)OCc3ccccc3)cc2)c1=O.O=C(O)C(F)(F)F. The Morgan fingerprint density at radius 3 is 2.05 bits per heavy atom. The molecule has 0 spiro atoms. The molecule has 0 aliphatic heterocycles. The maximum absolute atomic E-state index is 13.5. The third-order valence-electron chi connectivity index (χ3n) is 7.30. The van der Waals surface area contributed by atoms with Crippen molar-refractivity contribution in [2.45, 2.75) is 80.4 Å². The van der Waals surface area contributed by atoms with Crippen molar-refractivity contribution in [1.29, 1.82) is 0 Å². The molecule has 1 aromatic heterocycles. The van der Waals surface area contributed by atoms with Crippen molar-refractivity contribution in [3.05, 3.63) is 106 Å². The summed E-state index contributed by atoms with van der Waals surface area (Å²) in [6, 6.07) is 20.7. The number of ether oxygens (including phenoxy) is 2. The standard InChI is InChI=1S/C36H41N7O6.C2HF3O2.C2H6.CH2O/c1-22(2)41-32-33(45)43(28(19-40-32)26-15-16-29(27(37)17-26)49-34(46)36(3,4)5)20-30(44)39-18-23-11-13-25(14-12-23)31(38)42-35(47)48-21-24-9-7-6-8-10-24;3-2(4,5)1(6)7;2*1-2/h6-17,19,22H,18,20-21,37H2,1-5H3,(H,39,44)(H,40,41)(H2,38,42,47);(H,6,7);1-2H3;1H2. The van der Waals surface area contributed by atoms with Crippen LogP contribution in [0.4, 0.5) is 29.5 Å². The number of amidine groups is 1. The molecule has 4 rings (SSSR count). The van der Waals surface area contributed by atoms with E-state index in [0.717, 1.165) is 11.1 Å². The Morgan fingerprint density at radius 1 is 0.950 bits per heavy atom. The number of nitrogens with two attached hydrogens (primary N) is 2. The van der Waals surface area contributed by atoms with Crippen molar-refractivity contribution in [1.82, 2.24) is 14.9 Å². The van der Waals surface area contributed by atoms with Gasteiger partial charge in [-0.1, -0.05) is 68.4 Å². The van der Waals surface area contributed by atoms with E-state index < -0.39 is 41.1 Å². The highest BCUT2D eigenvalue weighted by molar-refractivity contribution is 6.02. The molecule has 324 valence electrons. The number of aromatic nitrogens is 2. The van der Waals surface area contributed by atoms with Crippen LogP contribution >= 0.6 is 0 Å². The number of halogens is 3. The van der Waals surface area contributed by atoms with Gasteiger partial charge >= 0.3 is 24.2 Å². The van der Waals surface area contributed by atoms with Crippen LogP contribution in [0.3, 0.4) is 0 Å². The molecule has 0 atom stereocenters. The van der Waals surface area contributed by atoms with E-state index in [-0.39, 0.29) is 48.8 Å². The number of anilines is 2. The Bertz CT molecular complexity index is 2130. The van der Waals surface area contributed by atoms with Crippen LogP contribution in [-0.2, 0) is 43.6 Å². The number of hydrogen-bond donors (Lipinski definition) is 5. The molecule has 0 unspecified atom stereocenters. The number of hydrogen-bond acceptors (Lipinski definition) is 11. The molecule has 3 aromatic carbocycles. The lowest BCUT2D eigenvalue weighted by Crippen LogP contribution is -2.35. The van der Waals surface area contributed by atoms with E-state index in [9.17, 15) is 32.3 Å². The van der Waals surface area contributed by atoms with E-state index in [2.05, 4.69) is 20.6 Å². The van der Waals surface area contributed by atoms with Crippen LogP contribution in [-0.4, -0.2) is 63.4 Å². The van der Waals surface area contributed by atoms with Gasteiger partial charge in [-0.25, -0.2) is 14.6 Å². The Balaban J connectivity index is 0.00000146. The third kappa shape index (κ3) is 16.8. The number of nitrogens with one attached hydrogen (secondary N) is 2. The van der Waals surface area contributed by atoms with Crippen molar-refractivity contribution in [2.24, 2.45) is 16.1 Å². The summed E-state index contributed by atoms with van der Waals surface area (Å²) in [5.74, 6) is -3.37. The lowest BCUT2D eigenvalue weighted by molar-refractivity contribution is -0.192. The molecule has 16 nitrogen and oxygen atoms in total. The zero-order valence-corrected chi connectivity index (χ0v) is 34.3. The highest BCUT2D eigenvalue weighted by Crippen LogP contribution is 2.30. The molecule has 0 aliphatic carbocycles. The van der Waals surface area contributed by atoms with Gasteiger partial charge in [0.2, 0.25) is 5.91 Å². The number of rotatable bonds is 11. The zero-order chi connectivity index (χ0) is 45.8. The first kappa shape index (κ1) is 51.0. The van der Waals surface area contributed by atoms with Crippen molar-refractivity contribution < 1.29 is 51.7 Å². The number of amides is 2. The monoisotopic (exact) mass is 841 g/mol. The first-order valence-electron chi connectivity index (χ1n) is 18.1. The maximum atomic E-state index is 13.5. The fraction of sp³-hybridized carbons (Fsp3) is 0.317. The van der Waals surface area contributed by atoms with Gasteiger partial charge in [0.15, 0.2) is 11.6 Å². The van der Waals surface area contributed by atoms with Crippen LogP contribution in [0, 0.1) is 5.41 Å². The van der Waals surface area contributed by atoms with Crippen LogP contribution in [0.25, 0.3) is 11.3 Å². The summed E-state index contributed by atoms with van der Waals surface area (Å²) in [4.78, 5) is 76.2. The Kier molecular flexibility index (Phi) is 20.4. The summed E-state index contributed by atoms with van der Waals surface area (Å²) in [7, 11) is 0. The largest absolute Gasteiger partial charge is 0.490 e. The average molecular weight is 842 g/mol. The van der Waals surface area contributed by atoms with Gasteiger partial charge in [0, 0.05) is 23.7 Å². The van der Waals surface area contributed by atoms with Gasteiger partial charge in [0.25, 0.3) is 5.56 Å². The number of nitrogen functional groups attached to an aromatic ring is 1. The molecule has 19 heteroatoms. The van der Waals surface area contributed by atoms with Crippen molar-refractivity contribution in [2.75, 3.05) is 11.1 Å². The topological polar surface area (TPSA) is 247 Å². The van der Waals surface area contributed by atoms with Gasteiger partial charge in [-0.2, -0.15) is 18.2 Å². The number of carboxylic acid groups (broad SMARTS) is 1. The molecule has 0 radical (unpaired) electrons. The van der Waals surface area contributed by atoms with Gasteiger partial charge < -0.3 is 41.5 Å². The molecular formula is C41H50F3N7O9. The highest BCUT2D eigenvalue weighted by atomic mass is 19.4. The van der Waals surface area contributed by atoms with Crippen molar-refractivity contribution in [3.63, 3.8) is 0 Å². The van der Waals surface area contributed by atoms with Crippen LogP contribution in [0.5, 0.6) is 5.75 Å². The lowest BCUT2D eigenvalue weighted by atomic mass is 9.97. The molecule has 4 aromatic rings. The number of aliphatic imine (C=N–C) groups is 1. The quantitative estimate of drug-likeness (QED) is 0.0377. The predicted molar refractivity (Wildman–Crippen MR) is 220 cm³/mol. The molecule has 7 N–H and O–H groups in total. The Labute approximate surface area is 344 Å². The molecule has 0 fully saturated rings. The number of aliphatic carboxylic acids is 1. The van der Waals surface area contributed by atoms with E-state index in [1.54, 1.807) is 57.2 Å². The number of esters is 1. The second-order valence-corrected chi connectivity index (χ2v) is 13.4. The van der Waals surface area contributed by atoms with Crippen LogP contribution < -0.4 is 32.4 Å². The smallest absolute Gasteiger partial charge is 0.475 e. The number of benzene rings is 3. The van der Waals surface area contributed by atoms with Gasteiger partial charge in [-0.15, -0.1) is 0 Å². The van der Waals surface area contributed by atoms with Crippen LogP contribution in [0.2, 0.25) is 0 Å². The highest BCUT2D eigenvalue weighted by Gasteiger charge is 2.38. The molecule has 0 bridgehead atoms. The molecule has 0 saturated heterocycles. The first-order valence-corrected chi connectivity index (χ1v) is 18.1. The summed E-state index contributed by atoms with van der Waals surface area (Å²) >= 11 is 0. The summed E-state index contributed by atoms with van der Waals surface area (Å²) < 4.78 is 43.7. The maximum Gasteiger partial charge on any atom is 0.490 e. The zero-order valence-electron chi connectivity index (χ0n) is 34.3. The Morgan fingerprint density at radius 2 is 1.53 bits per heavy atom. The van der Waals surface area contributed by atoms with E-state index in [4.69, 9.17) is 35.6 Å². The van der Waals surface area contributed by atoms with Crippen molar-refractivity contribution in [3.8, 4) is 17.0 Å². The molecule has 2 amide bonds. The van der Waals surface area contributed by atoms with Gasteiger partial charge in [0.05, 0.1) is 23.0 Å². The summed E-state index contributed by atoms with van der Waals surface area (Å²) in [6.45, 7) is 14.9. The number of carboxylic acids is 1. The summed E-state index contributed by atoms with van der Waals surface area (Å²) in [5, 5.41) is 13.0. The second kappa shape index (κ2) is 24.0. The van der Waals surface area contributed by atoms with Gasteiger partial charge in [-0.05, 0) is 63.9 Å². The van der Waals surface area contributed by atoms with E-state index >= 15 is 0 Å². The van der Waals surface area contributed by atoms with E-state index in [1.807, 2.05) is 64.8 Å². The number of carbonyl (C=O) groups is 5. The fourth-order valence-corrected chi connectivity index (χ4v) is 4.41. The first-order chi connectivity index (χ1) is 28.1. The van der Waals surface area contributed by atoms with E-state index in [0.29, 0.717) is 16.8 Å². The third-order valence-corrected chi connectivity index (χ3v) is 7.30. The van der Waals surface area contributed by atoms with Gasteiger partial charge in [-0.3, -0.25) is 19.0 Å². The summed E-state index contributed by atoms with van der Waals surface area (Å²) in [6.07, 6.45) is -4.41. The summed E-state index contributed by atoms with van der Waals surface area (Å²) in [5.41, 5.74) is 14.1. The average Bonchev–Trinajstić information content (AvgIpc) is 3.20. The predicted octanol–water partition coefficient (Wildman–Crippen LogP) is 6.10. The second-order valence-electron chi connectivity index (χ2n) is 13.4. The van der Waals surface area contributed by atoms with Crippen LogP contribution in [0.15, 0.2) is 88.8 Å². The minimum absolute atomic E-state index is 0.00918. The minimum Gasteiger partial charge on any atom is -0.475 e. The molecule has 1 heterocycles. The lowest BCUT2D eigenvalue weighted by Gasteiger charge is -2.18. The number of nitrogens with zero attached hydrogens (tertiary/aromatic N) is 3. The molecule has 0 aliphatic rings. The molecular weight excluding hydrogens is 791 g/mol. The normalized spacial score (nSPS) is 10.9. The number of alkyl halides is 3.